The van der Waals surface area contributed by atoms with Crippen molar-refractivity contribution in [3.05, 3.63) is 49.8 Å². The molecule has 1 aromatic carbocycles. The second-order valence-electron chi connectivity index (χ2n) is 4.11. The van der Waals surface area contributed by atoms with Crippen LogP contribution in [0, 0.1) is 3.57 Å². The van der Waals surface area contributed by atoms with Crippen LogP contribution in [-0.4, -0.2) is 9.78 Å². The van der Waals surface area contributed by atoms with Crippen LogP contribution in [0.25, 0.3) is 0 Å². The van der Waals surface area contributed by atoms with Crippen molar-refractivity contribution in [3.8, 4) is 0 Å². The number of aryl methyl sites for hydroxylation is 1. The van der Waals surface area contributed by atoms with Crippen LogP contribution in [-0.2, 0) is 13.5 Å². The molecule has 0 aliphatic heterocycles. The Labute approximate surface area is 128 Å². The van der Waals surface area contributed by atoms with Gasteiger partial charge < -0.3 is 0 Å². The maximum Gasteiger partial charge on any atom is 0.0522 e. The molecule has 2 aromatic rings. The Bertz CT molecular complexity index is 541. The molecule has 4 nitrogen and oxygen atoms in total. The van der Waals surface area contributed by atoms with E-state index >= 15 is 0 Å². The van der Waals surface area contributed by atoms with Crippen LogP contribution < -0.4 is 11.3 Å². The number of nitrogens with one attached hydrogen (secondary N) is 1. The van der Waals surface area contributed by atoms with Gasteiger partial charge in [-0.1, -0.05) is 15.9 Å². The minimum absolute atomic E-state index is 0.0679. The fourth-order valence-electron chi connectivity index (χ4n) is 1.85. The van der Waals surface area contributed by atoms with Crippen molar-refractivity contribution < 1.29 is 0 Å². The maximum atomic E-state index is 5.68. The molecular weight excluding hydrogens is 407 g/mol. The zero-order valence-electron chi connectivity index (χ0n) is 9.90. The molecular formula is C12H14BrIN4. The number of nitrogens with two attached hydrogens (primary N) is 1. The molecule has 0 spiro atoms. The molecule has 6 heteroatoms. The zero-order chi connectivity index (χ0) is 13.1. The Hall–Kier alpha value is -0.440. The van der Waals surface area contributed by atoms with E-state index < -0.39 is 0 Å². The highest BCUT2D eigenvalue weighted by atomic mass is 127. The van der Waals surface area contributed by atoms with Gasteiger partial charge in [0.2, 0.25) is 0 Å². The van der Waals surface area contributed by atoms with E-state index in [1.165, 1.54) is 3.57 Å². The summed E-state index contributed by atoms with van der Waals surface area (Å²) in [7, 11) is 1.91. The molecule has 0 amide bonds. The number of nitrogens with zero attached hydrogens (tertiary/aromatic N) is 2. The number of aromatic nitrogens is 2. The highest BCUT2D eigenvalue weighted by Crippen LogP contribution is 2.27. The average molecular weight is 421 g/mol. The topological polar surface area (TPSA) is 55.9 Å². The van der Waals surface area contributed by atoms with Crippen molar-refractivity contribution in [1.29, 1.82) is 0 Å². The number of rotatable bonds is 4. The van der Waals surface area contributed by atoms with Crippen LogP contribution in [0.5, 0.6) is 0 Å². The van der Waals surface area contributed by atoms with Gasteiger partial charge in [0.25, 0.3) is 0 Å². The van der Waals surface area contributed by atoms with Crippen molar-refractivity contribution in [2.24, 2.45) is 12.9 Å². The Morgan fingerprint density at radius 2 is 2.33 bits per heavy atom. The molecule has 0 bridgehead atoms. The van der Waals surface area contributed by atoms with Crippen molar-refractivity contribution >= 4 is 38.5 Å². The largest absolute Gasteiger partial charge is 0.276 e. The van der Waals surface area contributed by atoms with Gasteiger partial charge in [-0.3, -0.25) is 16.0 Å². The molecule has 0 saturated carbocycles. The van der Waals surface area contributed by atoms with Crippen molar-refractivity contribution in [2.75, 3.05) is 0 Å². The molecule has 0 aliphatic carbocycles. The number of halogens is 2. The summed E-state index contributed by atoms with van der Waals surface area (Å²) in [6, 6.07) is 6.31. The predicted octanol–water partition coefficient (Wildman–Crippen LogP) is 2.53. The molecule has 1 atom stereocenters. The molecule has 0 saturated heterocycles. The summed E-state index contributed by atoms with van der Waals surface area (Å²) in [6.07, 6.45) is 4.68. The van der Waals surface area contributed by atoms with Gasteiger partial charge in [-0.2, -0.15) is 5.10 Å². The van der Waals surface area contributed by atoms with E-state index in [4.69, 9.17) is 5.84 Å². The second kappa shape index (κ2) is 6.14. The summed E-state index contributed by atoms with van der Waals surface area (Å²) >= 11 is 5.87. The van der Waals surface area contributed by atoms with Crippen molar-refractivity contribution in [2.45, 2.75) is 12.5 Å². The standard InChI is InChI=1S/C12H14BrIN4/c1-18-7-8(6-16-18)4-12(17-15)10-5-9(14)2-3-11(10)13/h2-3,5-7,12,17H,4,15H2,1H3. The zero-order valence-corrected chi connectivity index (χ0v) is 13.6. The smallest absolute Gasteiger partial charge is 0.0522 e. The summed E-state index contributed by atoms with van der Waals surface area (Å²) < 4.78 is 4.05. The lowest BCUT2D eigenvalue weighted by Crippen LogP contribution is -2.29. The van der Waals surface area contributed by atoms with E-state index in [1.807, 2.05) is 25.5 Å². The van der Waals surface area contributed by atoms with Gasteiger partial charge in [-0.05, 0) is 58.3 Å². The van der Waals surface area contributed by atoms with E-state index in [0.717, 1.165) is 22.0 Å². The van der Waals surface area contributed by atoms with Crippen molar-refractivity contribution in [1.82, 2.24) is 15.2 Å². The lowest BCUT2D eigenvalue weighted by Gasteiger charge is -2.17. The molecule has 3 N–H and O–H groups in total. The molecule has 0 aliphatic rings. The monoisotopic (exact) mass is 420 g/mol. The average Bonchev–Trinajstić information content (AvgIpc) is 2.75. The van der Waals surface area contributed by atoms with Gasteiger partial charge in [-0.25, -0.2) is 0 Å². The highest BCUT2D eigenvalue weighted by molar-refractivity contribution is 14.1. The lowest BCUT2D eigenvalue weighted by atomic mass is 10.0. The third-order valence-electron chi connectivity index (χ3n) is 2.73. The third-order valence-corrected chi connectivity index (χ3v) is 4.13. The molecule has 96 valence electrons. The van der Waals surface area contributed by atoms with Crippen molar-refractivity contribution in [3.63, 3.8) is 0 Å². The highest BCUT2D eigenvalue weighted by Gasteiger charge is 2.15. The first-order valence-corrected chi connectivity index (χ1v) is 7.36. The third kappa shape index (κ3) is 3.31. The molecule has 0 fully saturated rings. The molecule has 2 rings (SSSR count). The van der Waals surface area contributed by atoms with Gasteiger partial charge in [-0.15, -0.1) is 0 Å². The molecule has 1 aromatic heterocycles. The van der Waals surface area contributed by atoms with Crippen LogP contribution in [0.2, 0.25) is 0 Å². The number of hydrogen-bond acceptors (Lipinski definition) is 3. The summed E-state index contributed by atoms with van der Waals surface area (Å²) in [5, 5.41) is 4.17. The Morgan fingerprint density at radius 1 is 1.56 bits per heavy atom. The first kappa shape index (κ1) is 14.0. The van der Waals surface area contributed by atoms with Crippen LogP contribution in [0.15, 0.2) is 35.1 Å². The van der Waals surface area contributed by atoms with E-state index in [-0.39, 0.29) is 6.04 Å². The Balaban J connectivity index is 2.25. The normalized spacial score (nSPS) is 12.7. The quantitative estimate of drug-likeness (QED) is 0.454. The minimum atomic E-state index is 0.0679. The van der Waals surface area contributed by atoms with Crippen LogP contribution in [0.4, 0.5) is 0 Å². The second-order valence-corrected chi connectivity index (χ2v) is 6.21. The summed E-state index contributed by atoms with van der Waals surface area (Å²) in [5.41, 5.74) is 5.19. The first-order valence-electron chi connectivity index (χ1n) is 5.48. The SMILES string of the molecule is Cn1cc(CC(NN)c2cc(I)ccc2Br)cn1. The summed E-state index contributed by atoms with van der Waals surface area (Å²) in [4.78, 5) is 0. The molecule has 1 heterocycles. The fraction of sp³-hybridized carbons (Fsp3) is 0.250. The van der Waals surface area contributed by atoms with Gasteiger partial charge in [0.15, 0.2) is 0 Å². The van der Waals surface area contributed by atoms with Gasteiger partial charge in [0.1, 0.15) is 0 Å². The summed E-state index contributed by atoms with van der Waals surface area (Å²) in [6.45, 7) is 0. The van der Waals surface area contributed by atoms with Gasteiger partial charge >= 0.3 is 0 Å². The van der Waals surface area contributed by atoms with Crippen LogP contribution in [0.3, 0.4) is 0 Å². The molecule has 0 radical (unpaired) electrons. The summed E-state index contributed by atoms with van der Waals surface area (Å²) in [5.74, 6) is 5.68. The van der Waals surface area contributed by atoms with Gasteiger partial charge in [0.05, 0.1) is 12.2 Å². The minimum Gasteiger partial charge on any atom is -0.276 e. The fourth-order valence-corrected chi connectivity index (χ4v) is 2.89. The van der Waals surface area contributed by atoms with E-state index in [0.29, 0.717) is 0 Å². The van der Waals surface area contributed by atoms with E-state index in [9.17, 15) is 0 Å². The van der Waals surface area contributed by atoms with E-state index in [2.05, 4.69) is 61.2 Å². The van der Waals surface area contributed by atoms with Crippen LogP contribution >= 0.6 is 38.5 Å². The first-order chi connectivity index (χ1) is 8.60. The lowest BCUT2D eigenvalue weighted by molar-refractivity contribution is 0.549. The molecule has 1 unspecified atom stereocenters. The van der Waals surface area contributed by atoms with Crippen LogP contribution in [0.1, 0.15) is 17.2 Å². The number of hydrazine groups is 1. The van der Waals surface area contributed by atoms with Gasteiger partial charge in [0, 0.05) is 21.3 Å². The molecule has 18 heavy (non-hydrogen) atoms. The number of benzene rings is 1. The maximum absolute atomic E-state index is 5.68. The predicted molar refractivity (Wildman–Crippen MR) is 83.8 cm³/mol. The number of hydrogen-bond donors (Lipinski definition) is 2. The Kier molecular flexibility index (Phi) is 4.77. The van der Waals surface area contributed by atoms with E-state index in [1.54, 1.807) is 4.68 Å². The Morgan fingerprint density at radius 3 is 2.94 bits per heavy atom.